The molecule has 0 fully saturated rings. The average Bonchev–Trinajstić information content (AvgIpc) is 2.52. The number of hydrogen-bond acceptors (Lipinski definition) is 3. The predicted molar refractivity (Wildman–Crippen MR) is 89.6 cm³/mol. The van der Waals surface area contributed by atoms with E-state index < -0.39 is 11.8 Å². The highest BCUT2D eigenvalue weighted by molar-refractivity contribution is 6.39. The average molecular weight is 333 g/mol. The van der Waals surface area contributed by atoms with E-state index in [2.05, 4.69) is 10.6 Å². The predicted octanol–water partition coefficient (Wildman–Crippen LogP) is 2.65. The molecule has 3 N–H and O–H groups in total. The summed E-state index contributed by atoms with van der Waals surface area (Å²) < 4.78 is 0. The number of phenolic OH excluding ortho intramolecular Hbond substituents is 1. The molecule has 0 bridgehead atoms. The summed E-state index contributed by atoms with van der Waals surface area (Å²) in [5.74, 6) is -1.26. The number of amides is 2. The van der Waals surface area contributed by atoms with Gasteiger partial charge in [0, 0.05) is 17.3 Å². The van der Waals surface area contributed by atoms with Crippen LogP contribution in [-0.2, 0) is 16.0 Å². The van der Waals surface area contributed by atoms with E-state index in [1.54, 1.807) is 42.5 Å². The fourth-order valence-electron chi connectivity index (χ4n) is 1.92. The minimum Gasteiger partial charge on any atom is -0.508 e. The highest BCUT2D eigenvalue weighted by Gasteiger charge is 2.13. The van der Waals surface area contributed by atoms with Crippen molar-refractivity contribution in [2.45, 2.75) is 13.3 Å². The zero-order chi connectivity index (χ0) is 16.8. The molecule has 0 spiro atoms. The zero-order valence-electron chi connectivity index (χ0n) is 12.6. The minimum atomic E-state index is -0.740. The highest BCUT2D eigenvalue weighted by atomic mass is 35.5. The second-order valence-corrected chi connectivity index (χ2v) is 5.50. The molecule has 23 heavy (non-hydrogen) atoms. The van der Waals surface area contributed by atoms with Crippen molar-refractivity contribution < 1.29 is 14.7 Å². The SMILES string of the molecule is Cc1ccc(NC(=O)C(=O)NCCc2ccc(O)cc2)cc1Cl. The normalized spacial score (nSPS) is 10.2. The van der Waals surface area contributed by atoms with E-state index in [1.807, 2.05) is 6.92 Å². The number of aryl methyl sites for hydroxylation is 1. The number of hydrogen-bond donors (Lipinski definition) is 3. The van der Waals surface area contributed by atoms with E-state index in [4.69, 9.17) is 11.6 Å². The largest absolute Gasteiger partial charge is 0.508 e. The van der Waals surface area contributed by atoms with Crippen LogP contribution in [0.1, 0.15) is 11.1 Å². The van der Waals surface area contributed by atoms with Gasteiger partial charge in [-0.25, -0.2) is 0 Å². The lowest BCUT2D eigenvalue weighted by molar-refractivity contribution is -0.136. The van der Waals surface area contributed by atoms with Crippen molar-refractivity contribution in [1.29, 1.82) is 0 Å². The first-order valence-electron chi connectivity index (χ1n) is 7.09. The molecule has 2 aromatic rings. The number of aromatic hydroxyl groups is 1. The summed E-state index contributed by atoms with van der Waals surface area (Å²) in [6, 6.07) is 11.7. The molecule has 0 unspecified atom stereocenters. The van der Waals surface area contributed by atoms with E-state index in [0.717, 1.165) is 11.1 Å². The fraction of sp³-hybridized carbons (Fsp3) is 0.176. The van der Waals surface area contributed by atoms with Crippen LogP contribution in [0.2, 0.25) is 5.02 Å². The molecule has 2 amide bonds. The molecule has 0 saturated heterocycles. The maximum absolute atomic E-state index is 11.8. The van der Waals surface area contributed by atoms with Crippen LogP contribution in [0.15, 0.2) is 42.5 Å². The Hall–Kier alpha value is -2.53. The van der Waals surface area contributed by atoms with Crippen LogP contribution >= 0.6 is 11.6 Å². The van der Waals surface area contributed by atoms with E-state index in [-0.39, 0.29) is 5.75 Å². The van der Waals surface area contributed by atoms with Crippen molar-refractivity contribution in [3.63, 3.8) is 0 Å². The van der Waals surface area contributed by atoms with Crippen LogP contribution in [-0.4, -0.2) is 23.5 Å². The van der Waals surface area contributed by atoms with Crippen LogP contribution in [0.25, 0.3) is 0 Å². The van der Waals surface area contributed by atoms with Crippen LogP contribution in [0.5, 0.6) is 5.75 Å². The number of carbonyl (C=O) groups excluding carboxylic acids is 2. The maximum atomic E-state index is 11.8. The molecule has 120 valence electrons. The molecule has 0 heterocycles. The van der Waals surface area contributed by atoms with Gasteiger partial charge < -0.3 is 15.7 Å². The maximum Gasteiger partial charge on any atom is 0.313 e. The molecule has 6 heteroatoms. The number of rotatable bonds is 4. The number of nitrogens with one attached hydrogen (secondary N) is 2. The summed E-state index contributed by atoms with van der Waals surface area (Å²) in [4.78, 5) is 23.5. The third kappa shape index (κ3) is 5.00. The van der Waals surface area contributed by atoms with Gasteiger partial charge in [-0.2, -0.15) is 0 Å². The summed E-state index contributed by atoms with van der Waals surface area (Å²) in [6.07, 6.45) is 0.565. The lowest BCUT2D eigenvalue weighted by atomic mass is 10.1. The van der Waals surface area contributed by atoms with Crippen molar-refractivity contribution in [3.8, 4) is 5.75 Å². The first-order chi connectivity index (χ1) is 11.0. The van der Waals surface area contributed by atoms with Crippen molar-refractivity contribution in [1.82, 2.24) is 5.32 Å². The second kappa shape index (κ2) is 7.65. The summed E-state index contributed by atoms with van der Waals surface area (Å²) >= 11 is 5.97. The van der Waals surface area contributed by atoms with Crippen LogP contribution in [0.4, 0.5) is 5.69 Å². The van der Waals surface area contributed by atoms with Crippen LogP contribution in [0, 0.1) is 6.92 Å². The Bertz CT molecular complexity index is 714. The molecule has 0 atom stereocenters. The third-order valence-corrected chi connectivity index (χ3v) is 3.68. The van der Waals surface area contributed by atoms with Gasteiger partial charge in [0.1, 0.15) is 5.75 Å². The van der Waals surface area contributed by atoms with E-state index in [9.17, 15) is 14.7 Å². The van der Waals surface area contributed by atoms with Gasteiger partial charge in [-0.3, -0.25) is 9.59 Å². The molecule has 0 aliphatic heterocycles. The monoisotopic (exact) mass is 332 g/mol. The van der Waals surface area contributed by atoms with Crippen molar-refractivity contribution in [2.75, 3.05) is 11.9 Å². The quantitative estimate of drug-likeness (QED) is 0.753. The van der Waals surface area contributed by atoms with Crippen molar-refractivity contribution in [2.24, 2.45) is 0 Å². The van der Waals surface area contributed by atoms with Gasteiger partial charge in [-0.05, 0) is 48.7 Å². The topological polar surface area (TPSA) is 78.4 Å². The van der Waals surface area contributed by atoms with Crippen molar-refractivity contribution >= 4 is 29.1 Å². The standard InChI is InChI=1S/C17H17ClN2O3/c1-11-2-5-13(10-15(11)18)20-17(23)16(22)19-9-8-12-3-6-14(21)7-4-12/h2-7,10,21H,8-9H2,1H3,(H,19,22)(H,20,23). The molecule has 0 saturated carbocycles. The summed E-state index contributed by atoms with van der Waals surface area (Å²) in [5.41, 5.74) is 2.32. The smallest absolute Gasteiger partial charge is 0.313 e. The molecule has 0 radical (unpaired) electrons. The molecule has 0 aliphatic carbocycles. The molecule has 2 rings (SSSR count). The number of phenols is 1. The molecule has 5 nitrogen and oxygen atoms in total. The molecule has 2 aromatic carbocycles. The lowest BCUT2D eigenvalue weighted by Gasteiger charge is -2.08. The Morgan fingerprint density at radius 1 is 1.09 bits per heavy atom. The fourth-order valence-corrected chi connectivity index (χ4v) is 2.10. The van der Waals surface area contributed by atoms with Gasteiger partial charge in [-0.1, -0.05) is 29.8 Å². The van der Waals surface area contributed by atoms with Gasteiger partial charge in [0.25, 0.3) is 0 Å². The first-order valence-corrected chi connectivity index (χ1v) is 7.47. The summed E-state index contributed by atoms with van der Waals surface area (Å²) in [7, 11) is 0. The van der Waals surface area contributed by atoms with E-state index >= 15 is 0 Å². The molecule has 0 aliphatic rings. The highest BCUT2D eigenvalue weighted by Crippen LogP contribution is 2.19. The van der Waals surface area contributed by atoms with E-state index in [1.165, 1.54) is 0 Å². The molecular weight excluding hydrogens is 316 g/mol. The number of halogens is 1. The Morgan fingerprint density at radius 3 is 2.43 bits per heavy atom. The van der Waals surface area contributed by atoms with Gasteiger partial charge in [0.05, 0.1) is 0 Å². The minimum absolute atomic E-state index is 0.189. The Morgan fingerprint density at radius 2 is 1.78 bits per heavy atom. The lowest BCUT2D eigenvalue weighted by Crippen LogP contribution is -2.36. The second-order valence-electron chi connectivity index (χ2n) is 5.09. The number of benzene rings is 2. The van der Waals surface area contributed by atoms with Gasteiger partial charge in [0.15, 0.2) is 0 Å². The van der Waals surface area contributed by atoms with Crippen LogP contribution < -0.4 is 10.6 Å². The number of carbonyl (C=O) groups is 2. The Kier molecular flexibility index (Phi) is 5.60. The first kappa shape index (κ1) is 16.8. The number of anilines is 1. The summed E-state index contributed by atoms with van der Waals surface area (Å²) in [6.45, 7) is 2.18. The molecule has 0 aromatic heterocycles. The van der Waals surface area contributed by atoms with E-state index in [0.29, 0.717) is 23.7 Å². The zero-order valence-corrected chi connectivity index (χ0v) is 13.4. The van der Waals surface area contributed by atoms with Gasteiger partial charge >= 0.3 is 11.8 Å². The summed E-state index contributed by atoms with van der Waals surface area (Å²) in [5, 5.41) is 14.8. The molecular formula is C17H17ClN2O3. The third-order valence-electron chi connectivity index (χ3n) is 3.27. The Balaban J connectivity index is 1.81. The Labute approximate surface area is 139 Å². The van der Waals surface area contributed by atoms with Crippen LogP contribution in [0.3, 0.4) is 0 Å². The van der Waals surface area contributed by atoms with Gasteiger partial charge in [-0.15, -0.1) is 0 Å². The van der Waals surface area contributed by atoms with Gasteiger partial charge in [0.2, 0.25) is 0 Å². The van der Waals surface area contributed by atoms with Crippen molar-refractivity contribution in [3.05, 3.63) is 58.6 Å².